The first-order chi connectivity index (χ1) is 9.40. The molecule has 0 bridgehead atoms. The van der Waals surface area contributed by atoms with Gasteiger partial charge in [-0.25, -0.2) is 4.39 Å². The molecule has 1 aromatic rings. The van der Waals surface area contributed by atoms with Crippen LogP contribution in [0.1, 0.15) is 51.1 Å². The molecule has 1 amide bonds. The largest absolute Gasteiger partial charge is 0.349 e. The highest BCUT2D eigenvalue weighted by Gasteiger charge is 2.37. The predicted molar refractivity (Wildman–Crippen MR) is 77.5 cm³/mol. The molecule has 4 heteroatoms. The van der Waals surface area contributed by atoms with Gasteiger partial charge in [0.05, 0.1) is 6.04 Å². The molecular weight excluding hydrogens is 255 g/mol. The van der Waals surface area contributed by atoms with Crippen LogP contribution in [0.2, 0.25) is 0 Å². The maximum Gasteiger partial charge on any atom is 0.226 e. The SMILES string of the molecule is CC(NC(=O)C1(C)CCC(N)CC1)c1ccc(F)cc1. The van der Waals surface area contributed by atoms with E-state index in [4.69, 9.17) is 5.73 Å². The molecule has 3 N–H and O–H groups in total. The van der Waals surface area contributed by atoms with Gasteiger partial charge in [-0.1, -0.05) is 19.1 Å². The Hall–Kier alpha value is -1.42. The van der Waals surface area contributed by atoms with Crippen molar-refractivity contribution in [2.75, 3.05) is 0 Å². The van der Waals surface area contributed by atoms with Gasteiger partial charge in [-0.2, -0.15) is 0 Å². The van der Waals surface area contributed by atoms with Crippen molar-refractivity contribution in [3.8, 4) is 0 Å². The van der Waals surface area contributed by atoms with Crippen LogP contribution in [0.4, 0.5) is 4.39 Å². The van der Waals surface area contributed by atoms with Crippen molar-refractivity contribution in [2.24, 2.45) is 11.1 Å². The van der Waals surface area contributed by atoms with Crippen molar-refractivity contribution in [1.29, 1.82) is 0 Å². The molecule has 1 aromatic carbocycles. The maximum atomic E-state index is 12.9. The van der Waals surface area contributed by atoms with Crippen molar-refractivity contribution in [3.63, 3.8) is 0 Å². The van der Waals surface area contributed by atoms with Gasteiger partial charge in [0.1, 0.15) is 5.82 Å². The zero-order valence-corrected chi connectivity index (χ0v) is 12.2. The van der Waals surface area contributed by atoms with Crippen LogP contribution >= 0.6 is 0 Å². The second kappa shape index (κ2) is 5.92. The van der Waals surface area contributed by atoms with E-state index in [0.717, 1.165) is 31.2 Å². The number of hydrogen-bond donors (Lipinski definition) is 2. The van der Waals surface area contributed by atoms with Crippen molar-refractivity contribution < 1.29 is 9.18 Å². The van der Waals surface area contributed by atoms with Crippen molar-refractivity contribution in [3.05, 3.63) is 35.6 Å². The monoisotopic (exact) mass is 278 g/mol. The average molecular weight is 278 g/mol. The highest BCUT2D eigenvalue weighted by atomic mass is 19.1. The molecule has 0 heterocycles. The van der Waals surface area contributed by atoms with Gasteiger partial charge < -0.3 is 11.1 Å². The Kier molecular flexibility index (Phi) is 4.43. The first-order valence-electron chi connectivity index (χ1n) is 7.23. The van der Waals surface area contributed by atoms with Crippen LogP contribution in [0.5, 0.6) is 0 Å². The quantitative estimate of drug-likeness (QED) is 0.893. The summed E-state index contributed by atoms with van der Waals surface area (Å²) in [5.41, 5.74) is 6.48. The summed E-state index contributed by atoms with van der Waals surface area (Å²) in [6.07, 6.45) is 3.45. The third-order valence-electron chi connectivity index (χ3n) is 4.40. The molecule has 2 rings (SSSR count). The normalized spacial score (nSPS) is 27.9. The van der Waals surface area contributed by atoms with E-state index in [-0.39, 0.29) is 29.2 Å². The van der Waals surface area contributed by atoms with E-state index in [1.165, 1.54) is 12.1 Å². The van der Waals surface area contributed by atoms with Crippen LogP contribution in [0.25, 0.3) is 0 Å². The molecule has 3 nitrogen and oxygen atoms in total. The van der Waals surface area contributed by atoms with E-state index in [1.807, 2.05) is 13.8 Å². The van der Waals surface area contributed by atoms with Gasteiger partial charge >= 0.3 is 0 Å². The number of nitrogens with one attached hydrogen (secondary N) is 1. The van der Waals surface area contributed by atoms with E-state index < -0.39 is 0 Å². The zero-order valence-electron chi connectivity index (χ0n) is 12.2. The number of carbonyl (C=O) groups excluding carboxylic acids is 1. The lowest BCUT2D eigenvalue weighted by Crippen LogP contribution is -2.44. The van der Waals surface area contributed by atoms with Gasteiger partial charge in [0.15, 0.2) is 0 Å². The van der Waals surface area contributed by atoms with E-state index in [1.54, 1.807) is 12.1 Å². The average Bonchev–Trinajstić information content (AvgIpc) is 2.43. The molecule has 0 aromatic heterocycles. The molecule has 1 fully saturated rings. The first-order valence-corrected chi connectivity index (χ1v) is 7.23. The Labute approximate surface area is 119 Å². The number of benzene rings is 1. The molecule has 1 aliphatic carbocycles. The summed E-state index contributed by atoms with van der Waals surface area (Å²) < 4.78 is 12.9. The summed E-state index contributed by atoms with van der Waals surface area (Å²) in [7, 11) is 0. The Balaban J connectivity index is 1.98. The summed E-state index contributed by atoms with van der Waals surface area (Å²) in [5, 5.41) is 3.04. The van der Waals surface area contributed by atoms with Crippen molar-refractivity contribution >= 4 is 5.91 Å². The van der Waals surface area contributed by atoms with E-state index in [9.17, 15) is 9.18 Å². The Morgan fingerprint density at radius 1 is 1.35 bits per heavy atom. The number of carbonyl (C=O) groups is 1. The summed E-state index contributed by atoms with van der Waals surface area (Å²) >= 11 is 0. The molecule has 1 saturated carbocycles. The lowest BCUT2D eigenvalue weighted by atomic mass is 9.73. The van der Waals surface area contributed by atoms with Crippen molar-refractivity contribution in [1.82, 2.24) is 5.32 Å². The lowest BCUT2D eigenvalue weighted by Gasteiger charge is -2.35. The summed E-state index contributed by atoms with van der Waals surface area (Å²) in [4.78, 5) is 12.5. The number of nitrogens with two attached hydrogens (primary N) is 1. The molecule has 0 aliphatic heterocycles. The van der Waals surface area contributed by atoms with Crippen LogP contribution < -0.4 is 11.1 Å². The second-order valence-corrected chi connectivity index (χ2v) is 6.14. The van der Waals surface area contributed by atoms with E-state index in [2.05, 4.69) is 5.32 Å². The van der Waals surface area contributed by atoms with Gasteiger partial charge in [-0.15, -0.1) is 0 Å². The maximum absolute atomic E-state index is 12.9. The number of amides is 1. The first kappa shape index (κ1) is 15.0. The number of hydrogen-bond acceptors (Lipinski definition) is 2. The molecule has 110 valence electrons. The highest BCUT2D eigenvalue weighted by molar-refractivity contribution is 5.82. The Morgan fingerprint density at radius 3 is 2.45 bits per heavy atom. The fourth-order valence-electron chi connectivity index (χ4n) is 2.71. The topological polar surface area (TPSA) is 55.1 Å². The van der Waals surface area contributed by atoms with E-state index >= 15 is 0 Å². The zero-order chi connectivity index (χ0) is 14.8. The van der Waals surface area contributed by atoms with Gasteiger partial charge in [0.25, 0.3) is 0 Å². The second-order valence-electron chi connectivity index (χ2n) is 6.14. The van der Waals surface area contributed by atoms with Crippen LogP contribution in [0.15, 0.2) is 24.3 Å². The third kappa shape index (κ3) is 3.37. The van der Waals surface area contributed by atoms with Gasteiger partial charge in [-0.05, 0) is 50.3 Å². The molecule has 1 unspecified atom stereocenters. The van der Waals surface area contributed by atoms with Crippen LogP contribution in [0.3, 0.4) is 0 Å². The lowest BCUT2D eigenvalue weighted by molar-refractivity contribution is -0.132. The number of rotatable bonds is 3. The van der Waals surface area contributed by atoms with Crippen LogP contribution in [0, 0.1) is 11.2 Å². The third-order valence-corrected chi connectivity index (χ3v) is 4.40. The smallest absolute Gasteiger partial charge is 0.226 e. The summed E-state index contributed by atoms with van der Waals surface area (Å²) in [5.74, 6) is -0.193. The number of halogens is 1. The molecule has 0 saturated heterocycles. The summed E-state index contributed by atoms with van der Waals surface area (Å²) in [6.45, 7) is 3.93. The minimum absolute atomic E-state index is 0.0706. The minimum Gasteiger partial charge on any atom is -0.349 e. The van der Waals surface area contributed by atoms with Crippen molar-refractivity contribution in [2.45, 2.75) is 51.6 Å². The Bertz CT molecular complexity index is 464. The minimum atomic E-state index is -0.329. The van der Waals surface area contributed by atoms with Gasteiger partial charge in [0.2, 0.25) is 5.91 Å². The molecule has 20 heavy (non-hydrogen) atoms. The fraction of sp³-hybridized carbons (Fsp3) is 0.562. The van der Waals surface area contributed by atoms with Crippen LogP contribution in [-0.4, -0.2) is 11.9 Å². The van der Waals surface area contributed by atoms with E-state index in [0.29, 0.717) is 0 Å². The summed E-state index contributed by atoms with van der Waals surface area (Å²) in [6, 6.07) is 6.36. The fourth-order valence-corrected chi connectivity index (χ4v) is 2.71. The highest BCUT2D eigenvalue weighted by Crippen LogP contribution is 2.36. The molecular formula is C16H23FN2O. The van der Waals surface area contributed by atoms with Gasteiger partial charge in [-0.3, -0.25) is 4.79 Å². The van der Waals surface area contributed by atoms with Crippen LogP contribution in [-0.2, 0) is 4.79 Å². The molecule has 0 radical (unpaired) electrons. The molecule has 1 aliphatic rings. The standard InChI is InChI=1S/C16H23FN2O/c1-11(12-3-5-13(17)6-4-12)19-15(20)16(2)9-7-14(18)8-10-16/h3-6,11,14H,7-10,18H2,1-2H3,(H,19,20). The molecule has 0 spiro atoms. The predicted octanol–water partition coefficient (Wildman–Crippen LogP) is 2.91. The Morgan fingerprint density at radius 2 is 1.90 bits per heavy atom. The molecule has 1 atom stereocenters. The van der Waals surface area contributed by atoms with Gasteiger partial charge in [0, 0.05) is 11.5 Å².